The molecule has 1 amide bonds. The summed E-state index contributed by atoms with van der Waals surface area (Å²) in [7, 11) is -2.20. The van der Waals surface area contributed by atoms with E-state index in [2.05, 4.69) is 5.32 Å². The molecule has 260 valence electrons. The zero-order valence-electron chi connectivity index (χ0n) is 25.0. The van der Waals surface area contributed by atoms with Crippen LogP contribution in [0.2, 0.25) is 10.0 Å². The highest BCUT2D eigenvalue weighted by Crippen LogP contribution is 2.53. The van der Waals surface area contributed by atoms with Gasteiger partial charge in [-0.15, -0.1) is 69.6 Å². The Morgan fingerprint density at radius 2 is 1.32 bits per heavy atom. The van der Waals surface area contributed by atoms with E-state index in [9.17, 15) is 9.36 Å². The smallest absolute Gasteiger partial charge is 0.410 e. The van der Waals surface area contributed by atoms with Crippen LogP contribution in [0.4, 0.5) is 4.79 Å². The summed E-state index contributed by atoms with van der Waals surface area (Å²) in [4.78, 5) is 11.1. The predicted octanol–water partition coefficient (Wildman–Crippen LogP) is 11.9. The molecule has 0 heterocycles. The molecule has 47 heavy (non-hydrogen) atoms. The molecular formula is C30H31Cl9NO6P. The van der Waals surface area contributed by atoms with Crippen LogP contribution in [0.15, 0.2) is 66.2 Å². The fraction of sp³-hybridized carbons (Fsp3) is 0.367. The van der Waals surface area contributed by atoms with Gasteiger partial charge in [0.15, 0.2) is 5.76 Å². The molecule has 0 aromatic heterocycles. The number of carbonyl (C=O) groups is 1. The summed E-state index contributed by atoms with van der Waals surface area (Å²) < 4.78 is 32.8. The van der Waals surface area contributed by atoms with Crippen molar-refractivity contribution in [3.8, 4) is 5.75 Å². The summed E-state index contributed by atoms with van der Waals surface area (Å²) in [6, 6.07) is 18.1. The van der Waals surface area contributed by atoms with E-state index in [1.54, 1.807) is 32.0 Å². The standard InChI is InChI=1S/C12H14Cl3O4P.C12H11NO2.C6H6Cl6/c1-3-17-20(16,18-4-2)19-12(8-13)10-6-5-9(14)7-11(10)15;1-13-12(14)15-11-8-4-6-9-5-2-3-7-10(9)11;7-1-2(8)4(10)6(12)5(11)3(1)9/h5-8H,3-4H2,1-2H3;2-8H,1H3,(H,13,14);1-6H. The van der Waals surface area contributed by atoms with E-state index in [1.807, 2.05) is 36.4 Å². The number of alkyl halides is 6. The molecule has 0 aliphatic heterocycles. The lowest BCUT2D eigenvalue weighted by molar-refractivity contribution is 0.159. The van der Waals surface area contributed by atoms with Crippen molar-refractivity contribution in [1.29, 1.82) is 0 Å². The molecule has 0 spiro atoms. The average Bonchev–Trinajstić information content (AvgIpc) is 3.05. The van der Waals surface area contributed by atoms with E-state index >= 15 is 0 Å². The Morgan fingerprint density at radius 1 is 0.809 bits per heavy atom. The maximum Gasteiger partial charge on any atom is 0.530 e. The number of ether oxygens (including phenoxy) is 1. The van der Waals surface area contributed by atoms with Crippen LogP contribution in [0.25, 0.3) is 16.5 Å². The van der Waals surface area contributed by atoms with Crippen molar-refractivity contribution >= 4 is 135 Å². The molecule has 0 unspecified atom stereocenters. The first kappa shape index (κ1) is 42.7. The van der Waals surface area contributed by atoms with Gasteiger partial charge in [-0.25, -0.2) is 9.36 Å². The van der Waals surface area contributed by atoms with Gasteiger partial charge in [0.25, 0.3) is 0 Å². The van der Waals surface area contributed by atoms with Crippen molar-refractivity contribution in [1.82, 2.24) is 5.32 Å². The quantitative estimate of drug-likeness (QED) is 0.138. The summed E-state index contributed by atoms with van der Waals surface area (Å²) in [6.45, 7) is 3.69. The molecule has 7 nitrogen and oxygen atoms in total. The van der Waals surface area contributed by atoms with Crippen molar-refractivity contribution in [2.45, 2.75) is 46.1 Å². The molecule has 0 radical (unpaired) electrons. The Labute approximate surface area is 319 Å². The molecular weight excluding hydrogens is 820 g/mol. The van der Waals surface area contributed by atoms with E-state index in [1.165, 1.54) is 13.1 Å². The summed E-state index contributed by atoms with van der Waals surface area (Å²) in [5.74, 6) is 0.658. The number of fused-ring (bicyclic) bond motifs is 1. The van der Waals surface area contributed by atoms with Gasteiger partial charge in [-0.1, -0.05) is 71.2 Å². The number of carbonyl (C=O) groups excluding carboxylic acids is 1. The summed E-state index contributed by atoms with van der Waals surface area (Å²) >= 11 is 52.9. The minimum atomic E-state index is -3.73. The number of benzene rings is 3. The van der Waals surface area contributed by atoms with Crippen LogP contribution in [0.5, 0.6) is 5.75 Å². The minimum Gasteiger partial charge on any atom is -0.410 e. The zero-order valence-corrected chi connectivity index (χ0v) is 32.7. The van der Waals surface area contributed by atoms with Gasteiger partial charge < -0.3 is 14.6 Å². The van der Waals surface area contributed by atoms with Crippen LogP contribution >= 0.6 is 112 Å². The van der Waals surface area contributed by atoms with Gasteiger partial charge in [-0.05, 0) is 43.5 Å². The number of hydrogen-bond donors (Lipinski definition) is 1. The lowest BCUT2D eigenvalue weighted by atomic mass is 9.97. The second-order valence-corrected chi connectivity index (χ2v) is 14.9. The monoisotopic (exact) mass is 847 g/mol. The molecule has 1 saturated carbocycles. The number of phosphoric ester groups is 1. The first-order chi connectivity index (χ1) is 22.2. The fourth-order valence-electron chi connectivity index (χ4n) is 3.83. The van der Waals surface area contributed by atoms with Crippen LogP contribution in [0.1, 0.15) is 19.4 Å². The third kappa shape index (κ3) is 12.6. The Morgan fingerprint density at radius 3 is 1.79 bits per heavy atom. The topological polar surface area (TPSA) is 83.1 Å². The molecule has 1 fully saturated rings. The van der Waals surface area contributed by atoms with Gasteiger partial charge in [-0.2, -0.15) is 0 Å². The van der Waals surface area contributed by atoms with Gasteiger partial charge in [0.1, 0.15) is 5.75 Å². The van der Waals surface area contributed by atoms with Gasteiger partial charge in [0.2, 0.25) is 0 Å². The molecule has 1 aliphatic rings. The number of rotatable bonds is 8. The Hall–Kier alpha value is -0.510. The second kappa shape index (κ2) is 21.0. The van der Waals surface area contributed by atoms with Gasteiger partial charge in [0.05, 0.1) is 50.5 Å². The van der Waals surface area contributed by atoms with E-state index in [-0.39, 0.29) is 19.0 Å². The third-order valence-electron chi connectivity index (χ3n) is 6.06. The third-order valence-corrected chi connectivity index (χ3v) is 12.4. The number of phosphoric acid groups is 1. The molecule has 17 heteroatoms. The van der Waals surface area contributed by atoms with Gasteiger partial charge in [-0.3, -0.25) is 9.05 Å². The molecule has 3 aromatic carbocycles. The average molecular weight is 852 g/mol. The molecule has 1 aliphatic carbocycles. The van der Waals surface area contributed by atoms with E-state index in [4.69, 9.17) is 123 Å². The maximum atomic E-state index is 12.3. The van der Waals surface area contributed by atoms with Crippen molar-refractivity contribution < 1.29 is 27.7 Å². The normalized spacial score (nSPS) is 22.7. The van der Waals surface area contributed by atoms with Crippen LogP contribution in [-0.2, 0) is 18.1 Å². The van der Waals surface area contributed by atoms with Crippen LogP contribution in [0, 0.1) is 0 Å². The minimum absolute atomic E-state index is 0.0820. The fourth-order valence-corrected chi connectivity index (χ4v) is 8.09. The summed E-state index contributed by atoms with van der Waals surface area (Å²) in [5, 5.41) is 2.56. The molecule has 1 N–H and O–H groups in total. The maximum absolute atomic E-state index is 12.3. The highest BCUT2D eigenvalue weighted by atomic mass is 35.5. The Kier molecular flexibility index (Phi) is 19.1. The number of halogens is 9. The lowest BCUT2D eigenvalue weighted by Crippen LogP contribution is -2.52. The first-order valence-corrected chi connectivity index (χ1v) is 19.1. The van der Waals surface area contributed by atoms with Crippen LogP contribution < -0.4 is 10.1 Å². The zero-order chi connectivity index (χ0) is 35.3. The second-order valence-electron chi connectivity index (χ2n) is 9.25. The molecule has 3 aromatic rings. The largest absolute Gasteiger partial charge is 0.530 e. The Balaban J connectivity index is 0.000000253. The van der Waals surface area contributed by atoms with E-state index in [0.29, 0.717) is 21.4 Å². The first-order valence-electron chi connectivity index (χ1n) is 13.8. The lowest BCUT2D eigenvalue weighted by Gasteiger charge is -2.37. The molecule has 0 bridgehead atoms. The van der Waals surface area contributed by atoms with Crippen molar-refractivity contribution in [3.05, 3.63) is 81.8 Å². The molecule has 4 rings (SSSR count). The highest BCUT2D eigenvalue weighted by molar-refractivity contribution is 7.48. The predicted molar refractivity (Wildman–Crippen MR) is 199 cm³/mol. The molecule has 0 saturated heterocycles. The van der Waals surface area contributed by atoms with Crippen molar-refractivity contribution in [3.63, 3.8) is 0 Å². The SMILES string of the molecule is CCOP(=O)(OCC)OC(=CCl)c1ccc(Cl)cc1Cl.CNC(=O)Oc1cccc2ccccc12.ClC1C(Cl)C(Cl)C(Cl)C(Cl)C1Cl. The highest BCUT2D eigenvalue weighted by Gasteiger charge is 2.47. The number of hydrogen-bond acceptors (Lipinski definition) is 6. The summed E-state index contributed by atoms with van der Waals surface area (Å²) in [5.41, 5.74) is 1.55. The van der Waals surface area contributed by atoms with E-state index < -0.39 is 46.2 Å². The van der Waals surface area contributed by atoms with Crippen LogP contribution in [0.3, 0.4) is 0 Å². The number of nitrogens with one attached hydrogen (secondary N) is 1. The van der Waals surface area contributed by atoms with Crippen LogP contribution in [-0.4, -0.2) is 58.6 Å². The van der Waals surface area contributed by atoms with E-state index in [0.717, 1.165) is 16.3 Å². The Bertz CT molecular complexity index is 1460. The van der Waals surface area contributed by atoms with Gasteiger partial charge >= 0.3 is 13.9 Å². The molecule has 0 atom stereocenters. The van der Waals surface area contributed by atoms with Crippen molar-refractivity contribution in [2.24, 2.45) is 0 Å². The number of amides is 1. The van der Waals surface area contributed by atoms with Crippen molar-refractivity contribution in [2.75, 3.05) is 20.3 Å². The van der Waals surface area contributed by atoms with Gasteiger partial charge in [0, 0.05) is 28.6 Å². The summed E-state index contributed by atoms with van der Waals surface area (Å²) in [6.07, 6.45) is -0.452.